The van der Waals surface area contributed by atoms with Crippen molar-refractivity contribution in [1.29, 1.82) is 0 Å². The molecule has 0 amide bonds. The number of H-pyrrole nitrogens is 1. The third kappa shape index (κ3) is 9.06. The lowest BCUT2D eigenvalue weighted by atomic mass is 10.1. The van der Waals surface area contributed by atoms with Crippen molar-refractivity contribution in [3.05, 3.63) is 72.4 Å². The molecule has 5 aromatic rings. The second-order valence-electron chi connectivity index (χ2n) is 9.60. The molecular weight excluding hydrogens is 647 g/mol. The van der Waals surface area contributed by atoms with E-state index >= 15 is 0 Å². The van der Waals surface area contributed by atoms with Crippen molar-refractivity contribution in [2.45, 2.75) is 18.9 Å². The fourth-order valence-electron chi connectivity index (χ4n) is 4.13. The van der Waals surface area contributed by atoms with Crippen LogP contribution in [-0.4, -0.2) is 85.3 Å². The molecule has 0 aliphatic carbocycles. The van der Waals surface area contributed by atoms with E-state index in [9.17, 15) is 30.7 Å². The van der Waals surface area contributed by atoms with Crippen LogP contribution in [0.4, 0.5) is 42.5 Å². The Bertz CT molecular complexity index is 1830. The molecule has 2 aromatic carbocycles. The summed E-state index contributed by atoms with van der Waals surface area (Å²) >= 11 is 0. The first kappa shape index (κ1) is 34.4. The summed E-state index contributed by atoms with van der Waals surface area (Å²) in [4.78, 5) is 37.3. The number of carbonyl (C=O) groups is 2. The average molecular weight is 672 g/mol. The molecule has 12 nitrogen and oxygen atoms in total. The summed E-state index contributed by atoms with van der Waals surface area (Å²) in [6, 6.07) is 14.8. The zero-order valence-corrected chi connectivity index (χ0v) is 23.8. The number of carboxylic acids is 2. The van der Waals surface area contributed by atoms with Gasteiger partial charge in [0.15, 0.2) is 17.0 Å². The fourth-order valence-corrected chi connectivity index (χ4v) is 4.13. The van der Waals surface area contributed by atoms with Gasteiger partial charge in [0.1, 0.15) is 12.1 Å². The third-order valence-corrected chi connectivity index (χ3v) is 6.33. The molecule has 1 saturated heterocycles. The number of nitrogens with one attached hydrogen (secondary N) is 2. The molecule has 3 aromatic heterocycles. The van der Waals surface area contributed by atoms with Gasteiger partial charge in [0.05, 0.1) is 18.9 Å². The Morgan fingerprint density at radius 2 is 1.60 bits per heavy atom. The van der Waals surface area contributed by atoms with Crippen molar-refractivity contribution >= 4 is 45.8 Å². The normalized spacial score (nSPS) is 13.4. The van der Waals surface area contributed by atoms with Crippen LogP contribution >= 0.6 is 0 Å². The van der Waals surface area contributed by atoms with E-state index in [0.717, 1.165) is 16.5 Å². The number of halogens is 7. The number of anilines is 2. The molecular formula is C28H24F7N7O5. The van der Waals surface area contributed by atoms with Gasteiger partial charge in [-0.2, -0.15) is 36.3 Å². The average Bonchev–Trinajstić information content (AvgIpc) is 3.67. The van der Waals surface area contributed by atoms with Crippen LogP contribution in [0.5, 0.6) is 0 Å². The van der Waals surface area contributed by atoms with E-state index in [4.69, 9.17) is 34.5 Å². The van der Waals surface area contributed by atoms with E-state index in [0.29, 0.717) is 61.5 Å². The van der Waals surface area contributed by atoms with Crippen LogP contribution in [0.1, 0.15) is 5.56 Å². The number of aromatic nitrogens is 5. The Morgan fingerprint density at radius 3 is 2.21 bits per heavy atom. The molecule has 1 aliphatic rings. The van der Waals surface area contributed by atoms with Crippen molar-refractivity contribution in [2.24, 2.45) is 0 Å². The molecule has 19 heteroatoms. The molecule has 4 N–H and O–H groups in total. The van der Waals surface area contributed by atoms with Crippen molar-refractivity contribution in [3.8, 4) is 5.69 Å². The zero-order valence-electron chi connectivity index (χ0n) is 23.8. The van der Waals surface area contributed by atoms with Gasteiger partial charge >= 0.3 is 24.3 Å². The highest BCUT2D eigenvalue weighted by Gasteiger charge is 2.38. The SMILES string of the molecule is Fc1cccc(-n2cnc3c(NCc4ccc5[nH]ccc5c4)nc(N4CCOCC4)nc32)c1.O=C(O)C(F)(F)F.O=C(O)C(F)(F)F. The number of morpholine rings is 1. The minimum atomic E-state index is -5.08. The van der Waals surface area contributed by atoms with Crippen molar-refractivity contribution in [2.75, 3.05) is 36.5 Å². The smallest absolute Gasteiger partial charge is 0.475 e. The quantitative estimate of drug-likeness (QED) is 0.184. The van der Waals surface area contributed by atoms with Gasteiger partial charge in [0, 0.05) is 31.3 Å². The van der Waals surface area contributed by atoms with E-state index in [2.05, 4.69) is 44.5 Å². The number of carboxylic acid groups (broad SMARTS) is 2. The standard InChI is InChI=1S/C24H22FN7O.2C2HF3O2/c25-18-2-1-3-19(13-18)32-15-28-21-22(27-14-16-4-5-20-17(12-16)6-7-26-20)29-24(30-23(21)32)31-8-10-33-11-9-31;2*3-2(4,5)1(6)7/h1-7,12-13,15,26H,8-11,14H2,(H,27,29,30);2*(H,6,7). The molecule has 4 heterocycles. The summed E-state index contributed by atoms with van der Waals surface area (Å²) < 4.78 is 84.7. The molecule has 47 heavy (non-hydrogen) atoms. The van der Waals surface area contributed by atoms with Crippen LogP contribution in [0, 0.1) is 5.82 Å². The Kier molecular flexibility index (Phi) is 10.5. The van der Waals surface area contributed by atoms with E-state index in [-0.39, 0.29) is 5.82 Å². The Balaban J connectivity index is 0.000000301. The van der Waals surface area contributed by atoms with E-state index < -0.39 is 24.3 Å². The van der Waals surface area contributed by atoms with Crippen molar-refractivity contribution in [3.63, 3.8) is 0 Å². The number of nitrogens with zero attached hydrogens (tertiary/aromatic N) is 5. The lowest BCUT2D eigenvalue weighted by molar-refractivity contribution is -0.193. The second-order valence-corrected chi connectivity index (χ2v) is 9.60. The maximum Gasteiger partial charge on any atom is 0.490 e. The van der Waals surface area contributed by atoms with Gasteiger partial charge in [0.2, 0.25) is 5.95 Å². The number of hydrogen-bond acceptors (Lipinski definition) is 8. The molecule has 0 saturated carbocycles. The maximum absolute atomic E-state index is 13.9. The van der Waals surface area contributed by atoms with E-state index in [1.54, 1.807) is 17.0 Å². The van der Waals surface area contributed by atoms with Crippen molar-refractivity contribution < 1.29 is 55.3 Å². The minimum absolute atomic E-state index is 0.310. The van der Waals surface area contributed by atoms with Gasteiger partial charge in [-0.3, -0.25) is 4.57 Å². The van der Waals surface area contributed by atoms with E-state index in [1.807, 2.05) is 12.3 Å². The first-order valence-electron chi connectivity index (χ1n) is 13.4. The van der Waals surface area contributed by atoms with Gasteiger partial charge in [-0.1, -0.05) is 12.1 Å². The Hall–Kier alpha value is -5.46. The Morgan fingerprint density at radius 1 is 0.936 bits per heavy atom. The maximum atomic E-state index is 13.9. The highest BCUT2D eigenvalue weighted by atomic mass is 19.4. The largest absolute Gasteiger partial charge is 0.490 e. The van der Waals surface area contributed by atoms with Crippen LogP contribution in [0.2, 0.25) is 0 Å². The first-order valence-corrected chi connectivity index (χ1v) is 13.4. The monoisotopic (exact) mass is 671 g/mol. The number of hydrogen-bond donors (Lipinski definition) is 4. The summed E-state index contributed by atoms with van der Waals surface area (Å²) in [5.74, 6) is -4.58. The lowest BCUT2D eigenvalue weighted by Crippen LogP contribution is -2.37. The minimum Gasteiger partial charge on any atom is -0.475 e. The molecule has 0 radical (unpaired) electrons. The van der Waals surface area contributed by atoms with Crippen LogP contribution < -0.4 is 10.2 Å². The molecule has 1 aliphatic heterocycles. The number of aliphatic carboxylic acids is 2. The van der Waals surface area contributed by atoms with Crippen LogP contribution in [0.15, 0.2) is 61.1 Å². The number of fused-ring (bicyclic) bond motifs is 2. The van der Waals surface area contributed by atoms with Gasteiger partial charge in [-0.25, -0.2) is 19.0 Å². The highest BCUT2D eigenvalue weighted by Crippen LogP contribution is 2.26. The lowest BCUT2D eigenvalue weighted by Gasteiger charge is -2.27. The number of imidazole rings is 1. The molecule has 0 spiro atoms. The number of ether oxygens (including phenoxy) is 1. The molecule has 0 bridgehead atoms. The zero-order chi connectivity index (χ0) is 34.4. The summed E-state index contributed by atoms with van der Waals surface area (Å²) in [5.41, 5.74) is 4.16. The van der Waals surface area contributed by atoms with Gasteiger partial charge < -0.3 is 30.2 Å². The number of aromatic amines is 1. The fraction of sp³-hybridized carbons (Fsp3) is 0.250. The van der Waals surface area contributed by atoms with Crippen LogP contribution in [0.25, 0.3) is 27.8 Å². The number of rotatable bonds is 5. The summed E-state index contributed by atoms with van der Waals surface area (Å²) in [5, 5.41) is 18.9. The molecule has 1 fully saturated rings. The van der Waals surface area contributed by atoms with Crippen LogP contribution in [0.3, 0.4) is 0 Å². The summed E-state index contributed by atoms with van der Waals surface area (Å²) in [7, 11) is 0. The second kappa shape index (κ2) is 14.3. The number of benzene rings is 2. The molecule has 0 atom stereocenters. The Labute approximate surface area is 259 Å². The van der Waals surface area contributed by atoms with Crippen LogP contribution in [-0.2, 0) is 20.9 Å². The third-order valence-electron chi connectivity index (χ3n) is 6.33. The number of alkyl halides is 6. The molecule has 0 unspecified atom stereocenters. The predicted octanol–water partition coefficient (Wildman–Crippen LogP) is 5.15. The molecule has 6 rings (SSSR count). The topological polar surface area (TPSA) is 158 Å². The summed E-state index contributed by atoms with van der Waals surface area (Å²) in [6.07, 6.45) is -6.57. The van der Waals surface area contributed by atoms with Gasteiger partial charge in [-0.15, -0.1) is 0 Å². The van der Waals surface area contributed by atoms with Gasteiger partial charge in [0.25, 0.3) is 0 Å². The van der Waals surface area contributed by atoms with Gasteiger partial charge in [-0.05, 0) is 47.3 Å². The first-order chi connectivity index (χ1) is 22.1. The van der Waals surface area contributed by atoms with Crippen molar-refractivity contribution in [1.82, 2.24) is 24.5 Å². The summed E-state index contributed by atoms with van der Waals surface area (Å²) in [6.45, 7) is 3.27. The highest BCUT2D eigenvalue weighted by molar-refractivity contribution is 5.86. The predicted molar refractivity (Wildman–Crippen MR) is 153 cm³/mol. The van der Waals surface area contributed by atoms with E-state index in [1.165, 1.54) is 12.1 Å². The molecule has 250 valence electrons.